The molecule has 0 spiro atoms. The van der Waals surface area contributed by atoms with Gasteiger partial charge in [-0.3, -0.25) is 0 Å². The molecule has 0 saturated heterocycles. The van der Waals surface area contributed by atoms with Crippen LogP contribution in [-0.2, 0) is 7.05 Å². The van der Waals surface area contributed by atoms with Crippen LogP contribution in [0.15, 0.2) is 35.1 Å². The molecule has 1 atom stereocenters. The smallest absolute Gasteiger partial charge is 0.130 e. The van der Waals surface area contributed by atoms with Crippen LogP contribution < -0.4 is 5.32 Å². The van der Waals surface area contributed by atoms with Crippen molar-refractivity contribution in [1.29, 1.82) is 0 Å². The van der Waals surface area contributed by atoms with Gasteiger partial charge in [0.25, 0.3) is 0 Å². The van der Waals surface area contributed by atoms with E-state index in [-0.39, 0.29) is 11.9 Å². The van der Waals surface area contributed by atoms with E-state index in [2.05, 4.69) is 26.2 Å². The van der Waals surface area contributed by atoms with Gasteiger partial charge in [0.1, 0.15) is 11.6 Å². The van der Waals surface area contributed by atoms with E-state index in [1.54, 1.807) is 6.20 Å². The molecule has 2 rings (SSSR count). The molecule has 5 heteroatoms. The average Bonchev–Trinajstić information content (AvgIpc) is 2.71. The Morgan fingerprint density at radius 3 is 2.78 bits per heavy atom. The second-order valence-electron chi connectivity index (χ2n) is 4.09. The predicted molar refractivity (Wildman–Crippen MR) is 72.8 cm³/mol. The van der Waals surface area contributed by atoms with Crippen molar-refractivity contribution >= 4 is 15.9 Å². The molecule has 0 radical (unpaired) electrons. The number of halogens is 2. The summed E-state index contributed by atoms with van der Waals surface area (Å²) in [6.45, 7) is 2.80. The van der Waals surface area contributed by atoms with E-state index in [1.165, 1.54) is 12.1 Å². The number of aromatic nitrogens is 2. The van der Waals surface area contributed by atoms with Gasteiger partial charge < -0.3 is 9.88 Å². The number of nitrogens with one attached hydrogen (secondary N) is 1. The maximum absolute atomic E-state index is 13.5. The zero-order valence-electron chi connectivity index (χ0n) is 10.3. The largest absolute Gasteiger partial charge is 0.336 e. The molecule has 0 saturated carbocycles. The highest BCUT2D eigenvalue weighted by Gasteiger charge is 2.18. The number of hydrogen-bond donors (Lipinski definition) is 1. The lowest BCUT2D eigenvalue weighted by Crippen LogP contribution is -2.24. The van der Waals surface area contributed by atoms with Crippen molar-refractivity contribution in [2.24, 2.45) is 7.05 Å². The van der Waals surface area contributed by atoms with E-state index in [4.69, 9.17) is 0 Å². The molecule has 96 valence electrons. The summed E-state index contributed by atoms with van der Waals surface area (Å²) in [5.41, 5.74) is 0.859. The van der Waals surface area contributed by atoms with E-state index in [0.717, 1.165) is 22.4 Å². The Bertz CT molecular complexity index is 519. The van der Waals surface area contributed by atoms with E-state index in [9.17, 15) is 4.39 Å². The van der Waals surface area contributed by atoms with Crippen LogP contribution in [0.25, 0.3) is 0 Å². The van der Waals surface area contributed by atoms with Gasteiger partial charge in [-0.05, 0) is 30.3 Å². The lowest BCUT2D eigenvalue weighted by atomic mass is 10.1. The summed E-state index contributed by atoms with van der Waals surface area (Å²) in [7, 11) is 1.93. The number of rotatable bonds is 4. The second kappa shape index (κ2) is 5.63. The van der Waals surface area contributed by atoms with Crippen molar-refractivity contribution in [3.8, 4) is 0 Å². The molecular formula is C13H15BrFN3. The zero-order chi connectivity index (χ0) is 13.1. The third-order valence-electron chi connectivity index (χ3n) is 2.74. The standard InChI is InChI=1S/C13H15BrFN3/c1-3-16-12(13-17-4-5-18(13)2)9-6-10(14)8-11(15)7-9/h4-8,12,16H,3H2,1-2H3. The summed E-state index contributed by atoms with van der Waals surface area (Å²) in [6, 6.07) is 4.78. The van der Waals surface area contributed by atoms with Crippen LogP contribution in [0.4, 0.5) is 4.39 Å². The number of imidazole rings is 1. The minimum Gasteiger partial charge on any atom is -0.336 e. The summed E-state index contributed by atoms with van der Waals surface area (Å²) in [5, 5.41) is 3.33. The summed E-state index contributed by atoms with van der Waals surface area (Å²) in [4.78, 5) is 4.33. The number of aryl methyl sites for hydroxylation is 1. The molecule has 0 aliphatic carbocycles. The highest BCUT2D eigenvalue weighted by Crippen LogP contribution is 2.24. The fourth-order valence-corrected chi connectivity index (χ4v) is 2.44. The molecule has 0 amide bonds. The van der Waals surface area contributed by atoms with Gasteiger partial charge in [0.2, 0.25) is 0 Å². The average molecular weight is 312 g/mol. The normalized spacial score (nSPS) is 12.7. The molecule has 0 aliphatic heterocycles. The van der Waals surface area contributed by atoms with Crippen LogP contribution >= 0.6 is 15.9 Å². The quantitative estimate of drug-likeness (QED) is 0.940. The molecule has 2 aromatic rings. The molecule has 3 nitrogen and oxygen atoms in total. The van der Waals surface area contributed by atoms with Gasteiger partial charge in [-0.2, -0.15) is 0 Å². The van der Waals surface area contributed by atoms with Crippen LogP contribution in [0.3, 0.4) is 0 Å². The first kappa shape index (κ1) is 13.2. The molecule has 18 heavy (non-hydrogen) atoms. The van der Waals surface area contributed by atoms with Crippen molar-refractivity contribution in [3.05, 3.63) is 52.3 Å². The topological polar surface area (TPSA) is 29.9 Å². The van der Waals surface area contributed by atoms with E-state index < -0.39 is 0 Å². The van der Waals surface area contributed by atoms with Gasteiger partial charge in [-0.1, -0.05) is 22.9 Å². The van der Waals surface area contributed by atoms with E-state index >= 15 is 0 Å². The third kappa shape index (κ3) is 2.79. The Balaban J connectivity index is 2.44. The highest BCUT2D eigenvalue weighted by molar-refractivity contribution is 9.10. The molecular weight excluding hydrogens is 297 g/mol. The Labute approximate surface area is 114 Å². The fraction of sp³-hybridized carbons (Fsp3) is 0.308. The first-order chi connectivity index (χ1) is 8.61. The number of hydrogen-bond acceptors (Lipinski definition) is 2. The molecule has 0 bridgehead atoms. The lowest BCUT2D eigenvalue weighted by Gasteiger charge is -2.18. The summed E-state index contributed by atoms with van der Waals surface area (Å²) >= 11 is 3.32. The predicted octanol–water partition coefficient (Wildman–Crippen LogP) is 3.02. The van der Waals surface area contributed by atoms with Crippen molar-refractivity contribution in [3.63, 3.8) is 0 Å². The molecule has 1 aromatic heterocycles. The van der Waals surface area contributed by atoms with E-state index in [1.807, 2.05) is 30.8 Å². The SMILES string of the molecule is CCNC(c1cc(F)cc(Br)c1)c1nccn1C. The Kier molecular flexibility index (Phi) is 4.14. The fourth-order valence-electron chi connectivity index (χ4n) is 1.96. The Morgan fingerprint density at radius 2 is 2.22 bits per heavy atom. The molecule has 1 heterocycles. The Hall–Kier alpha value is -1.20. The molecule has 0 aliphatic rings. The van der Waals surface area contributed by atoms with Crippen LogP contribution in [-0.4, -0.2) is 16.1 Å². The first-order valence-electron chi connectivity index (χ1n) is 5.78. The summed E-state index contributed by atoms with van der Waals surface area (Å²) < 4.78 is 16.2. The van der Waals surface area contributed by atoms with Crippen LogP contribution in [0.2, 0.25) is 0 Å². The molecule has 1 unspecified atom stereocenters. The van der Waals surface area contributed by atoms with Crippen molar-refractivity contribution in [2.45, 2.75) is 13.0 Å². The van der Waals surface area contributed by atoms with Gasteiger partial charge in [0, 0.05) is 23.9 Å². The first-order valence-corrected chi connectivity index (χ1v) is 6.57. The monoisotopic (exact) mass is 311 g/mol. The zero-order valence-corrected chi connectivity index (χ0v) is 11.9. The molecule has 0 fully saturated rings. The van der Waals surface area contributed by atoms with Crippen LogP contribution in [0.5, 0.6) is 0 Å². The van der Waals surface area contributed by atoms with Crippen molar-refractivity contribution in [1.82, 2.24) is 14.9 Å². The maximum atomic E-state index is 13.5. The summed E-state index contributed by atoms with van der Waals surface area (Å²) in [6.07, 6.45) is 3.63. The maximum Gasteiger partial charge on any atom is 0.130 e. The van der Waals surface area contributed by atoms with Gasteiger partial charge in [-0.15, -0.1) is 0 Å². The number of nitrogens with zero attached hydrogens (tertiary/aromatic N) is 2. The van der Waals surface area contributed by atoms with Gasteiger partial charge in [-0.25, -0.2) is 9.37 Å². The minimum atomic E-state index is -0.253. The Morgan fingerprint density at radius 1 is 1.44 bits per heavy atom. The summed E-state index contributed by atoms with van der Waals surface area (Å²) in [5.74, 6) is 0.617. The van der Waals surface area contributed by atoms with Gasteiger partial charge >= 0.3 is 0 Å². The minimum absolute atomic E-state index is 0.109. The molecule has 1 aromatic carbocycles. The van der Waals surface area contributed by atoms with Gasteiger partial charge in [0.15, 0.2) is 0 Å². The lowest BCUT2D eigenvalue weighted by molar-refractivity contribution is 0.567. The van der Waals surface area contributed by atoms with Crippen molar-refractivity contribution < 1.29 is 4.39 Å². The van der Waals surface area contributed by atoms with Gasteiger partial charge in [0.05, 0.1) is 6.04 Å². The van der Waals surface area contributed by atoms with E-state index in [0.29, 0.717) is 0 Å². The second-order valence-corrected chi connectivity index (χ2v) is 5.01. The molecule has 1 N–H and O–H groups in total. The van der Waals surface area contributed by atoms with Crippen LogP contribution in [0.1, 0.15) is 24.4 Å². The van der Waals surface area contributed by atoms with Crippen LogP contribution in [0, 0.1) is 5.82 Å². The number of benzene rings is 1. The highest BCUT2D eigenvalue weighted by atomic mass is 79.9. The van der Waals surface area contributed by atoms with Crippen molar-refractivity contribution in [2.75, 3.05) is 6.54 Å². The third-order valence-corrected chi connectivity index (χ3v) is 3.20.